The standard InChI is InChI=1S/C11H5ClF4N2O2S/c12-5-1-4(7(19)2-6(5)13)9(20)18-10-17-3-8(21-10)11(14,15)16/h1-3,19H,(H,17,18,20). The fourth-order valence-corrected chi connectivity index (χ4v) is 2.19. The van der Waals surface area contributed by atoms with Crippen molar-refractivity contribution >= 4 is 34.0 Å². The van der Waals surface area contributed by atoms with Gasteiger partial charge in [0.25, 0.3) is 5.91 Å². The molecule has 0 radical (unpaired) electrons. The summed E-state index contributed by atoms with van der Waals surface area (Å²) in [5, 5.41) is 10.8. The highest BCUT2D eigenvalue weighted by Gasteiger charge is 2.33. The molecule has 0 saturated heterocycles. The Kier molecular flexibility index (Phi) is 4.06. The third-order valence-corrected chi connectivity index (χ3v) is 3.54. The van der Waals surface area contributed by atoms with E-state index >= 15 is 0 Å². The van der Waals surface area contributed by atoms with Crippen LogP contribution < -0.4 is 5.32 Å². The second-order valence-corrected chi connectivity index (χ2v) is 5.20. The highest BCUT2D eigenvalue weighted by molar-refractivity contribution is 7.15. The lowest BCUT2D eigenvalue weighted by Gasteiger charge is -2.05. The van der Waals surface area contributed by atoms with Crippen LogP contribution in [0.3, 0.4) is 0 Å². The number of hydrogen-bond acceptors (Lipinski definition) is 4. The highest BCUT2D eigenvalue weighted by Crippen LogP contribution is 2.35. The van der Waals surface area contributed by atoms with Crippen LogP contribution in [0.2, 0.25) is 5.02 Å². The van der Waals surface area contributed by atoms with Crippen LogP contribution in [0.1, 0.15) is 15.2 Å². The number of thiazole rings is 1. The predicted octanol–water partition coefficient (Wildman–Crippen LogP) is 3.91. The van der Waals surface area contributed by atoms with Gasteiger partial charge in [-0.2, -0.15) is 13.2 Å². The third-order valence-electron chi connectivity index (χ3n) is 2.29. The van der Waals surface area contributed by atoms with Gasteiger partial charge in [-0.3, -0.25) is 10.1 Å². The summed E-state index contributed by atoms with van der Waals surface area (Å²) >= 11 is 5.69. The number of phenols is 1. The molecule has 0 bridgehead atoms. The first kappa shape index (κ1) is 15.5. The summed E-state index contributed by atoms with van der Waals surface area (Å²) in [5.41, 5.74) is -0.384. The molecule has 21 heavy (non-hydrogen) atoms. The van der Waals surface area contributed by atoms with Crippen LogP contribution in [-0.4, -0.2) is 16.0 Å². The van der Waals surface area contributed by atoms with Crippen molar-refractivity contribution in [2.45, 2.75) is 6.18 Å². The number of nitrogens with one attached hydrogen (secondary N) is 1. The number of benzene rings is 1. The summed E-state index contributed by atoms with van der Waals surface area (Å²) in [6, 6.07) is 1.49. The minimum atomic E-state index is -4.57. The van der Waals surface area contributed by atoms with Gasteiger partial charge in [-0.1, -0.05) is 22.9 Å². The van der Waals surface area contributed by atoms with E-state index in [1.54, 1.807) is 0 Å². The Labute approximate surface area is 124 Å². The zero-order chi connectivity index (χ0) is 15.8. The number of rotatable bonds is 2. The summed E-state index contributed by atoms with van der Waals surface area (Å²) in [6.45, 7) is 0. The Morgan fingerprint density at radius 3 is 2.62 bits per heavy atom. The van der Waals surface area contributed by atoms with E-state index < -0.39 is 33.5 Å². The molecule has 1 aromatic heterocycles. The van der Waals surface area contributed by atoms with Gasteiger partial charge in [0.15, 0.2) is 5.13 Å². The van der Waals surface area contributed by atoms with Crippen molar-refractivity contribution in [2.75, 3.05) is 5.32 Å². The summed E-state index contributed by atoms with van der Waals surface area (Å²) < 4.78 is 50.2. The van der Waals surface area contributed by atoms with E-state index in [0.29, 0.717) is 12.3 Å². The van der Waals surface area contributed by atoms with Crippen LogP contribution in [-0.2, 0) is 6.18 Å². The van der Waals surface area contributed by atoms with Crippen molar-refractivity contribution in [3.63, 3.8) is 0 Å². The second kappa shape index (κ2) is 5.49. The monoisotopic (exact) mass is 340 g/mol. The van der Waals surface area contributed by atoms with E-state index in [0.717, 1.165) is 6.07 Å². The maximum Gasteiger partial charge on any atom is 0.427 e. The highest BCUT2D eigenvalue weighted by atomic mass is 35.5. The molecule has 1 amide bonds. The van der Waals surface area contributed by atoms with E-state index in [9.17, 15) is 27.5 Å². The smallest absolute Gasteiger partial charge is 0.427 e. The number of nitrogens with zero attached hydrogens (tertiary/aromatic N) is 1. The molecule has 4 nitrogen and oxygen atoms in total. The van der Waals surface area contributed by atoms with Crippen molar-refractivity contribution in [1.29, 1.82) is 0 Å². The molecule has 0 spiro atoms. The van der Waals surface area contributed by atoms with Gasteiger partial charge in [-0.15, -0.1) is 0 Å². The molecule has 112 valence electrons. The van der Waals surface area contributed by atoms with Gasteiger partial charge in [-0.25, -0.2) is 9.37 Å². The quantitative estimate of drug-likeness (QED) is 0.815. The van der Waals surface area contributed by atoms with Gasteiger partial charge < -0.3 is 5.11 Å². The molecule has 2 aromatic rings. The number of amides is 1. The maximum atomic E-state index is 13.0. The Bertz CT molecular complexity index is 702. The van der Waals surface area contributed by atoms with Crippen molar-refractivity contribution in [2.24, 2.45) is 0 Å². The van der Waals surface area contributed by atoms with Crippen molar-refractivity contribution in [1.82, 2.24) is 4.98 Å². The zero-order valence-corrected chi connectivity index (χ0v) is 11.4. The molecule has 0 unspecified atom stereocenters. The number of alkyl halides is 3. The normalized spacial score (nSPS) is 11.5. The van der Waals surface area contributed by atoms with E-state index in [4.69, 9.17) is 11.6 Å². The first-order valence-electron chi connectivity index (χ1n) is 5.21. The average molecular weight is 341 g/mol. The average Bonchev–Trinajstić information content (AvgIpc) is 2.82. The van der Waals surface area contributed by atoms with Crippen LogP contribution >= 0.6 is 22.9 Å². The summed E-state index contributed by atoms with van der Waals surface area (Å²) in [6.07, 6.45) is -4.00. The first-order valence-corrected chi connectivity index (χ1v) is 6.40. The molecule has 0 fully saturated rings. The molecular weight excluding hydrogens is 336 g/mol. The van der Waals surface area contributed by atoms with E-state index in [1.807, 2.05) is 0 Å². The molecule has 2 rings (SSSR count). The maximum absolute atomic E-state index is 13.0. The lowest BCUT2D eigenvalue weighted by molar-refractivity contribution is -0.134. The lowest BCUT2D eigenvalue weighted by atomic mass is 10.2. The van der Waals surface area contributed by atoms with Gasteiger partial charge in [0.2, 0.25) is 0 Å². The third kappa shape index (κ3) is 3.42. The number of anilines is 1. The molecule has 2 N–H and O–H groups in total. The van der Waals surface area contributed by atoms with Crippen LogP contribution in [0.5, 0.6) is 5.75 Å². The van der Waals surface area contributed by atoms with Gasteiger partial charge in [0.1, 0.15) is 16.4 Å². The first-order chi connectivity index (χ1) is 9.68. The Balaban J connectivity index is 2.22. The van der Waals surface area contributed by atoms with Gasteiger partial charge >= 0.3 is 6.18 Å². The number of carbonyl (C=O) groups is 1. The minimum absolute atomic E-state index is 0.219. The number of halogens is 5. The van der Waals surface area contributed by atoms with Crippen LogP contribution in [0, 0.1) is 5.82 Å². The zero-order valence-electron chi connectivity index (χ0n) is 9.83. The van der Waals surface area contributed by atoms with Gasteiger partial charge in [0.05, 0.1) is 16.8 Å². The molecule has 1 aromatic carbocycles. The molecule has 0 aliphatic carbocycles. The minimum Gasteiger partial charge on any atom is -0.507 e. The summed E-state index contributed by atoms with van der Waals surface area (Å²) in [4.78, 5) is 14.2. The van der Waals surface area contributed by atoms with Crippen molar-refractivity contribution < 1.29 is 27.5 Å². The summed E-state index contributed by atoms with van der Waals surface area (Å²) in [5.74, 6) is -2.58. The molecule has 0 aliphatic rings. The molecule has 1 heterocycles. The van der Waals surface area contributed by atoms with E-state index in [1.165, 1.54) is 0 Å². The number of aromatic hydroxyl groups is 1. The molecule has 10 heteroatoms. The summed E-state index contributed by atoms with van der Waals surface area (Å²) in [7, 11) is 0. The number of phenolic OH excluding ortho intramolecular Hbond substituents is 1. The number of aromatic nitrogens is 1. The lowest BCUT2D eigenvalue weighted by Crippen LogP contribution is -2.12. The molecule has 0 atom stereocenters. The topological polar surface area (TPSA) is 62.2 Å². The Morgan fingerprint density at radius 1 is 1.38 bits per heavy atom. The molecular formula is C11H5ClF4N2O2S. The second-order valence-electron chi connectivity index (χ2n) is 3.77. The predicted molar refractivity (Wildman–Crippen MR) is 68.1 cm³/mol. The van der Waals surface area contributed by atoms with Crippen LogP contribution in [0.25, 0.3) is 0 Å². The fourth-order valence-electron chi connectivity index (χ4n) is 1.35. The molecule has 0 saturated carbocycles. The van der Waals surface area contributed by atoms with Crippen molar-refractivity contribution in [3.8, 4) is 5.75 Å². The van der Waals surface area contributed by atoms with Gasteiger partial charge in [-0.05, 0) is 6.07 Å². The van der Waals surface area contributed by atoms with Crippen LogP contribution in [0.15, 0.2) is 18.3 Å². The van der Waals surface area contributed by atoms with Crippen LogP contribution in [0.4, 0.5) is 22.7 Å². The molecule has 0 aliphatic heterocycles. The Morgan fingerprint density at radius 2 is 2.05 bits per heavy atom. The number of carbonyl (C=O) groups excluding carboxylic acids is 1. The van der Waals surface area contributed by atoms with E-state index in [2.05, 4.69) is 10.3 Å². The Hall–Kier alpha value is -1.87. The SMILES string of the molecule is O=C(Nc1ncc(C(F)(F)F)s1)c1cc(Cl)c(F)cc1O. The largest absolute Gasteiger partial charge is 0.507 e. The van der Waals surface area contributed by atoms with E-state index in [-0.39, 0.29) is 22.0 Å². The van der Waals surface area contributed by atoms with Gasteiger partial charge in [0, 0.05) is 6.07 Å². The van der Waals surface area contributed by atoms with Crippen molar-refractivity contribution in [3.05, 3.63) is 39.6 Å². The number of hydrogen-bond donors (Lipinski definition) is 2. The fraction of sp³-hybridized carbons (Fsp3) is 0.0909.